The average molecular weight is 391 g/mol. The number of benzene rings is 2. The van der Waals surface area contributed by atoms with Crippen molar-refractivity contribution in [3.05, 3.63) is 72.3 Å². The summed E-state index contributed by atoms with van der Waals surface area (Å²) in [5, 5.41) is 10.9. The standard InChI is InChI=1S/C23H30N6/c1-5-25-22(28-23(2,3)4)26-14-20-8-6-7-9-21(20)19-12-10-18(11-13-19)15-29-17-24-16-27-29/h6-13,16-17H,5,14-15H2,1-4H3,(H2,25,26,28). The zero-order valence-electron chi connectivity index (χ0n) is 17.7. The molecule has 0 bridgehead atoms. The van der Waals surface area contributed by atoms with E-state index in [1.807, 2.05) is 4.68 Å². The Kier molecular flexibility index (Phi) is 6.65. The fourth-order valence-electron chi connectivity index (χ4n) is 3.06. The summed E-state index contributed by atoms with van der Waals surface area (Å²) >= 11 is 0. The van der Waals surface area contributed by atoms with Gasteiger partial charge in [0.05, 0.1) is 13.1 Å². The quantitative estimate of drug-likeness (QED) is 0.496. The lowest BCUT2D eigenvalue weighted by Crippen LogP contribution is -2.47. The van der Waals surface area contributed by atoms with Gasteiger partial charge in [0.1, 0.15) is 12.7 Å². The normalized spacial score (nSPS) is 12.1. The smallest absolute Gasteiger partial charge is 0.191 e. The molecule has 0 saturated carbocycles. The molecule has 1 aromatic heterocycles. The molecule has 0 unspecified atom stereocenters. The molecule has 0 atom stereocenters. The van der Waals surface area contributed by atoms with E-state index < -0.39 is 0 Å². The number of aliphatic imine (C=N–C) groups is 1. The van der Waals surface area contributed by atoms with Gasteiger partial charge in [-0.1, -0.05) is 48.5 Å². The number of guanidine groups is 1. The Morgan fingerprint density at radius 3 is 2.48 bits per heavy atom. The van der Waals surface area contributed by atoms with E-state index in [-0.39, 0.29) is 5.54 Å². The molecule has 3 rings (SSSR count). The molecule has 6 nitrogen and oxygen atoms in total. The number of aromatic nitrogens is 3. The molecule has 0 spiro atoms. The Labute approximate surface area is 173 Å². The molecular weight excluding hydrogens is 360 g/mol. The van der Waals surface area contributed by atoms with E-state index >= 15 is 0 Å². The van der Waals surface area contributed by atoms with E-state index in [0.717, 1.165) is 19.0 Å². The van der Waals surface area contributed by atoms with E-state index in [0.29, 0.717) is 6.54 Å². The lowest BCUT2D eigenvalue weighted by molar-refractivity contribution is 0.501. The predicted molar refractivity (Wildman–Crippen MR) is 119 cm³/mol. The Balaban J connectivity index is 1.78. The summed E-state index contributed by atoms with van der Waals surface area (Å²) in [5.41, 5.74) is 4.74. The van der Waals surface area contributed by atoms with Crippen molar-refractivity contribution in [2.75, 3.05) is 6.54 Å². The summed E-state index contributed by atoms with van der Waals surface area (Å²) in [6, 6.07) is 17.0. The number of nitrogens with zero attached hydrogens (tertiary/aromatic N) is 4. The van der Waals surface area contributed by atoms with Crippen molar-refractivity contribution >= 4 is 5.96 Å². The minimum absolute atomic E-state index is 0.0412. The van der Waals surface area contributed by atoms with Gasteiger partial charge in [0.15, 0.2) is 5.96 Å². The van der Waals surface area contributed by atoms with Crippen LogP contribution in [0.4, 0.5) is 0 Å². The first-order valence-electron chi connectivity index (χ1n) is 10.0. The molecule has 0 aliphatic rings. The molecular formula is C23H30N6. The van der Waals surface area contributed by atoms with Crippen molar-refractivity contribution in [1.82, 2.24) is 25.4 Å². The first-order chi connectivity index (χ1) is 13.9. The second-order valence-electron chi connectivity index (χ2n) is 8.02. The van der Waals surface area contributed by atoms with E-state index in [1.165, 1.54) is 22.3 Å². The molecule has 0 saturated heterocycles. The maximum absolute atomic E-state index is 4.80. The maximum Gasteiger partial charge on any atom is 0.191 e. The minimum Gasteiger partial charge on any atom is -0.357 e. The second kappa shape index (κ2) is 9.37. The maximum atomic E-state index is 4.80. The van der Waals surface area contributed by atoms with E-state index in [1.54, 1.807) is 12.7 Å². The minimum atomic E-state index is -0.0412. The largest absolute Gasteiger partial charge is 0.357 e. The molecule has 1 heterocycles. The SMILES string of the molecule is CCNC(=NCc1ccccc1-c1ccc(Cn2cncn2)cc1)NC(C)(C)C. The van der Waals surface area contributed by atoms with Crippen LogP contribution in [0.15, 0.2) is 66.2 Å². The highest BCUT2D eigenvalue weighted by molar-refractivity contribution is 5.80. The molecule has 3 aromatic rings. The molecule has 29 heavy (non-hydrogen) atoms. The van der Waals surface area contributed by atoms with Crippen LogP contribution in [0.3, 0.4) is 0 Å². The summed E-state index contributed by atoms with van der Waals surface area (Å²) in [6.07, 6.45) is 3.29. The van der Waals surface area contributed by atoms with Crippen LogP contribution in [-0.4, -0.2) is 32.8 Å². The van der Waals surface area contributed by atoms with E-state index in [2.05, 4.69) is 96.9 Å². The number of hydrogen-bond donors (Lipinski definition) is 2. The highest BCUT2D eigenvalue weighted by Crippen LogP contribution is 2.25. The van der Waals surface area contributed by atoms with Crippen molar-refractivity contribution in [2.24, 2.45) is 4.99 Å². The lowest BCUT2D eigenvalue weighted by atomic mass is 9.98. The Morgan fingerprint density at radius 1 is 1.07 bits per heavy atom. The van der Waals surface area contributed by atoms with Gasteiger partial charge in [-0.15, -0.1) is 0 Å². The van der Waals surface area contributed by atoms with Crippen molar-refractivity contribution in [3.63, 3.8) is 0 Å². The van der Waals surface area contributed by atoms with Crippen molar-refractivity contribution in [2.45, 2.75) is 46.3 Å². The molecule has 0 aliphatic heterocycles. The zero-order chi connectivity index (χ0) is 20.7. The van der Waals surface area contributed by atoms with Crippen LogP contribution in [0.2, 0.25) is 0 Å². The molecule has 0 aliphatic carbocycles. The Bertz CT molecular complexity index is 921. The van der Waals surface area contributed by atoms with E-state index in [4.69, 9.17) is 4.99 Å². The van der Waals surface area contributed by atoms with Gasteiger partial charge in [0.2, 0.25) is 0 Å². The molecule has 2 N–H and O–H groups in total. The summed E-state index contributed by atoms with van der Waals surface area (Å²) in [5.74, 6) is 0.831. The summed E-state index contributed by atoms with van der Waals surface area (Å²) in [7, 11) is 0. The molecule has 0 amide bonds. The molecule has 6 heteroatoms. The number of rotatable bonds is 6. The first kappa shape index (κ1) is 20.6. The fraction of sp³-hybridized carbons (Fsp3) is 0.348. The van der Waals surface area contributed by atoms with Crippen LogP contribution in [0.5, 0.6) is 0 Å². The highest BCUT2D eigenvalue weighted by atomic mass is 15.3. The number of nitrogens with one attached hydrogen (secondary N) is 2. The molecule has 0 radical (unpaired) electrons. The highest BCUT2D eigenvalue weighted by Gasteiger charge is 2.12. The van der Waals surface area contributed by atoms with Crippen molar-refractivity contribution in [3.8, 4) is 11.1 Å². The fourth-order valence-corrected chi connectivity index (χ4v) is 3.06. The van der Waals surface area contributed by atoms with Crippen LogP contribution in [0, 0.1) is 0 Å². The van der Waals surface area contributed by atoms with Gasteiger partial charge in [-0.2, -0.15) is 5.10 Å². The average Bonchev–Trinajstić information content (AvgIpc) is 3.19. The number of hydrogen-bond acceptors (Lipinski definition) is 3. The second-order valence-corrected chi connectivity index (χ2v) is 8.02. The Hall–Kier alpha value is -3.15. The van der Waals surface area contributed by atoms with Gasteiger partial charge < -0.3 is 10.6 Å². The third kappa shape index (κ3) is 6.17. The molecule has 2 aromatic carbocycles. The van der Waals surface area contributed by atoms with Gasteiger partial charge in [-0.3, -0.25) is 0 Å². The van der Waals surface area contributed by atoms with Gasteiger partial charge in [0.25, 0.3) is 0 Å². The van der Waals surface area contributed by atoms with Gasteiger partial charge in [-0.25, -0.2) is 14.7 Å². The first-order valence-corrected chi connectivity index (χ1v) is 10.0. The van der Waals surface area contributed by atoms with Crippen LogP contribution in [-0.2, 0) is 13.1 Å². The zero-order valence-corrected chi connectivity index (χ0v) is 17.7. The Morgan fingerprint density at radius 2 is 1.83 bits per heavy atom. The molecule has 152 valence electrons. The van der Waals surface area contributed by atoms with Crippen LogP contribution >= 0.6 is 0 Å². The lowest BCUT2D eigenvalue weighted by Gasteiger charge is -2.23. The topological polar surface area (TPSA) is 67.1 Å². The monoisotopic (exact) mass is 390 g/mol. The molecule has 0 fully saturated rings. The summed E-state index contributed by atoms with van der Waals surface area (Å²) in [4.78, 5) is 8.79. The third-order valence-corrected chi connectivity index (χ3v) is 4.34. The van der Waals surface area contributed by atoms with Crippen molar-refractivity contribution in [1.29, 1.82) is 0 Å². The van der Waals surface area contributed by atoms with Crippen LogP contribution < -0.4 is 10.6 Å². The van der Waals surface area contributed by atoms with E-state index in [9.17, 15) is 0 Å². The van der Waals surface area contributed by atoms with Crippen LogP contribution in [0.1, 0.15) is 38.8 Å². The van der Waals surface area contributed by atoms with Crippen LogP contribution in [0.25, 0.3) is 11.1 Å². The summed E-state index contributed by atoms with van der Waals surface area (Å²) < 4.78 is 1.82. The summed E-state index contributed by atoms with van der Waals surface area (Å²) in [6.45, 7) is 10.6. The van der Waals surface area contributed by atoms with Crippen molar-refractivity contribution < 1.29 is 0 Å². The van der Waals surface area contributed by atoms with Gasteiger partial charge >= 0.3 is 0 Å². The predicted octanol–water partition coefficient (Wildman–Crippen LogP) is 3.85. The van der Waals surface area contributed by atoms with Gasteiger partial charge in [0, 0.05) is 12.1 Å². The van der Waals surface area contributed by atoms with Gasteiger partial charge in [-0.05, 0) is 49.9 Å². The third-order valence-electron chi connectivity index (χ3n) is 4.34.